The van der Waals surface area contributed by atoms with E-state index in [0.717, 1.165) is 61.8 Å². The van der Waals surface area contributed by atoms with Gasteiger partial charge in [0.25, 0.3) is 5.91 Å². The highest BCUT2D eigenvalue weighted by molar-refractivity contribution is 5.99. The van der Waals surface area contributed by atoms with Gasteiger partial charge in [-0.05, 0) is 72.9 Å². The fourth-order valence-electron chi connectivity index (χ4n) is 6.22. The summed E-state index contributed by atoms with van der Waals surface area (Å²) in [5, 5.41) is 0. The number of nitrogens with zero attached hydrogens (tertiary/aromatic N) is 4. The van der Waals surface area contributed by atoms with Crippen LogP contribution in [0.3, 0.4) is 0 Å². The van der Waals surface area contributed by atoms with Gasteiger partial charge in [-0.15, -0.1) is 0 Å². The van der Waals surface area contributed by atoms with E-state index in [9.17, 15) is 4.79 Å². The number of aryl methyl sites for hydroxylation is 1. The van der Waals surface area contributed by atoms with Crippen LogP contribution in [0.25, 0.3) is 11.3 Å². The molecule has 1 fully saturated rings. The van der Waals surface area contributed by atoms with Gasteiger partial charge >= 0.3 is 0 Å². The number of anilines is 1. The Kier molecular flexibility index (Phi) is 8.15. The van der Waals surface area contributed by atoms with E-state index >= 15 is 0 Å². The molecule has 1 aliphatic heterocycles. The maximum atomic E-state index is 13.8. The lowest BCUT2D eigenvalue weighted by Gasteiger charge is -2.42. The van der Waals surface area contributed by atoms with Gasteiger partial charge < -0.3 is 23.7 Å². The van der Waals surface area contributed by atoms with Crippen LogP contribution in [0.4, 0.5) is 5.82 Å². The summed E-state index contributed by atoms with van der Waals surface area (Å²) in [6.45, 7) is 3.83. The molecule has 218 valence electrons. The zero-order valence-corrected chi connectivity index (χ0v) is 24.6. The summed E-state index contributed by atoms with van der Waals surface area (Å²) in [6, 6.07) is 22.6. The van der Waals surface area contributed by atoms with E-state index in [-0.39, 0.29) is 5.91 Å². The van der Waals surface area contributed by atoms with Crippen molar-refractivity contribution >= 4 is 11.7 Å². The number of aromatic nitrogens is 1. The number of carbonyl (C=O) groups is 1. The first-order valence-electron chi connectivity index (χ1n) is 14.6. The van der Waals surface area contributed by atoms with E-state index < -0.39 is 0 Å². The van der Waals surface area contributed by atoms with Crippen molar-refractivity contribution in [2.75, 3.05) is 52.3 Å². The Bertz CT molecular complexity index is 1530. The number of carbonyl (C=O) groups excluding carboxylic acids is 1. The highest BCUT2D eigenvalue weighted by atomic mass is 16.5. The van der Waals surface area contributed by atoms with Gasteiger partial charge in [0.05, 0.1) is 38.3 Å². The lowest BCUT2D eigenvalue weighted by Crippen LogP contribution is -2.52. The lowest BCUT2D eigenvalue weighted by molar-refractivity contribution is 0.0775. The fraction of sp³-hybridized carbons (Fsp3) is 0.353. The van der Waals surface area contributed by atoms with E-state index in [1.807, 2.05) is 42.5 Å². The Morgan fingerprint density at radius 1 is 0.976 bits per heavy atom. The zero-order valence-electron chi connectivity index (χ0n) is 24.6. The maximum Gasteiger partial charge on any atom is 0.257 e. The number of pyridine rings is 1. The van der Waals surface area contributed by atoms with Gasteiger partial charge in [-0.2, -0.15) is 0 Å². The number of methoxy groups -OCH3 is 2. The van der Waals surface area contributed by atoms with Gasteiger partial charge in [-0.25, -0.2) is 4.98 Å². The molecule has 1 aliphatic carbocycles. The number of hydrogen-bond acceptors (Lipinski definition) is 7. The number of benzene rings is 2. The van der Waals surface area contributed by atoms with Crippen LogP contribution in [-0.2, 0) is 19.4 Å². The third-order valence-electron chi connectivity index (χ3n) is 8.56. The van der Waals surface area contributed by atoms with Crippen molar-refractivity contribution in [3.05, 3.63) is 95.4 Å². The van der Waals surface area contributed by atoms with Gasteiger partial charge in [0.15, 0.2) is 0 Å². The first-order valence-corrected chi connectivity index (χ1v) is 14.6. The van der Waals surface area contributed by atoms with Crippen molar-refractivity contribution in [3.8, 4) is 22.8 Å². The minimum atomic E-state index is -0.0932. The monoisotopic (exact) mass is 566 g/mol. The number of rotatable bonds is 8. The molecule has 0 N–H and O–H groups in total. The Labute approximate surface area is 247 Å². The highest BCUT2D eigenvalue weighted by Crippen LogP contribution is 2.35. The highest BCUT2D eigenvalue weighted by Gasteiger charge is 2.30. The largest absolute Gasteiger partial charge is 0.497 e. The van der Waals surface area contributed by atoms with Crippen LogP contribution >= 0.6 is 0 Å². The van der Waals surface area contributed by atoms with Gasteiger partial charge in [-0.3, -0.25) is 9.69 Å². The molecule has 2 aliphatic rings. The van der Waals surface area contributed by atoms with Gasteiger partial charge in [-0.1, -0.05) is 24.3 Å². The minimum absolute atomic E-state index is 0.0932. The van der Waals surface area contributed by atoms with Crippen LogP contribution in [0.2, 0.25) is 0 Å². The molecule has 1 unspecified atom stereocenters. The Morgan fingerprint density at radius 2 is 1.79 bits per heavy atom. The molecule has 42 heavy (non-hydrogen) atoms. The Morgan fingerprint density at radius 3 is 2.52 bits per heavy atom. The molecule has 6 rings (SSSR count). The van der Waals surface area contributed by atoms with Gasteiger partial charge in [0.2, 0.25) is 0 Å². The Hall–Kier alpha value is -4.30. The number of amides is 1. The third kappa shape index (κ3) is 5.72. The van der Waals surface area contributed by atoms with E-state index in [0.29, 0.717) is 29.7 Å². The molecule has 2 aromatic heterocycles. The number of fused-ring (bicyclic) bond motifs is 1. The topological polar surface area (TPSA) is 71.3 Å². The summed E-state index contributed by atoms with van der Waals surface area (Å²) in [5.41, 5.74) is 5.10. The van der Waals surface area contributed by atoms with Crippen LogP contribution < -0.4 is 14.4 Å². The summed E-state index contributed by atoms with van der Waals surface area (Å²) < 4.78 is 16.7. The fourth-order valence-corrected chi connectivity index (χ4v) is 6.22. The third-order valence-corrected chi connectivity index (χ3v) is 8.56. The summed E-state index contributed by atoms with van der Waals surface area (Å²) >= 11 is 0. The smallest absolute Gasteiger partial charge is 0.257 e. The van der Waals surface area contributed by atoms with Crippen molar-refractivity contribution in [2.45, 2.75) is 31.8 Å². The predicted molar refractivity (Wildman–Crippen MR) is 163 cm³/mol. The lowest BCUT2D eigenvalue weighted by atomic mass is 9.87. The summed E-state index contributed by atoms with van der Waals surface area (Å²) in [5.74, 6) is 2.76. The van der Waals surface area contributed by atoms with Crippen LogP contribution in [-0.4, -0.2) is 74.2 Å². The average molecular weight is 567 g/mol. The molecule has 4 aromatic rings. The molecule has 0 saturated carbocycles. The van der Waals surface area contributed by atoms with Crippen molar-refractivity contribution in [2.24, 2.45) is 0 Å². The van der Waals surface area contributed by atoms with Crippen LogP contribution in [0.15, 0.2) is 77.4 Å². The summed E-state index contributed by atoms with van der Waals surface area (Å²) in [7, 11) is 5.09. The van der Waals surface area contributed by atoms with E-state index in [1.54, 1.807) is 32.4 Å². The standard InChI is InChI=1S/C34H38N4O4/c1-36(23-28-9-6-20-42-28)34(39)29-13-14-31(30-22-27(40-2)12-15-32(30)41-3)35-33(29)38-18-16-37(17-19-38)26-11-10-24-7-4-5-8-25(24)21-26/h4-9,12-15,20,22,26H,10-11,16-19,21,23H2,1-3H3. The van der Waals surface area contributed by atoms with Crippen molar-refractivity contribution in [1.82, 2.24) is 14.8 Å². The predicted octanol–water partition coefficient (Wildman–Crippen LogP) is 5.31. The molecule has 0 bridgehead atoms. The molecule has 8 nitrogen and oxygen atoms in total. The molecule has 1 saturated heterocycles. The molecular weight excluding hydrogens is 528 g/mol. The van der Waals surface area contributed by atoms with Gasteiger partial charge in [0, 0.05) is 44.8 Å². The van der Waals surface area contributed by atoms with E-state index in [1.165, 1.54) is 17.5 Å². The SMILES string of the molecule is COc1ccc(OC)c(-c2ccc(C(=O)N(C)Cc3ccco3)c(N3CCN(C4CCc5ccccc5C4)CC3)n2)c1. The van der Waals surface area contributed by atoms with Crippen molar-refractivity contribution in [3.63, 3.8) is 0 Å². The zero-order chi connectivity index (χ0) is 29.1. The average Bonchev–Trinajstić information content (AvgIpc) is 3.56. The molecule has 3 heterocycles. The molecule has 8 heteroatoms. The molecule has 1 amide bonds. The molecule has 2 aromatic carbocycles. The second kappa shape index (κ2) is 12.3. The van der Waals surface area contributed by atoms with E-state index in [4.69, 9.17) is 18.9 Å². The van der Waals surface area contributed by atoms with Crippen molar-refractivity contribution in [1.29, 1.82) is 0 Å². The Balaban J connectivity index is 1.28. The molecular formula is C34H38N4O4. The number of piperazine rings is 1. The first-order chi connectivity index (χ1) is 20.5. The molecule has 0 spiro atoms. The van der Waals surface area contributed by atoms with Crippen LogP contribution in [0, 0.1) is 0 Å². The number of ether oxygens (including phenoxy) is 2. The van der Waals surface area contributed by atoms with E-state index in [2.05, 4.69) is 34.1 Å². The second-order valence-corrected chi connectivity index (χ2v) is 11.1. The normalized spacial score (nSPS) is 17.0. The van der Waals surface area contributed by atoms with Crippen LogP contribution in [0.5, 0.6) is 11.5 Å². The summed E-state index contributed by atoms with van der Waals surface area (Å²) in [6.07, 6.45) is 5.04. The van der Waals surface area contributed by atoms with Crippen LogP contribution in [0.1, 0.15) is 33.7 Å². The summed E-state index contributed by atoms with van der Waals surface area (Å²) in [4.78, 5) is 25.5. The van der Waals surface area contributed by atoms with Gasteiger partial charge in [0.1, 0.15) is 23.1 Å². The minimum Gasteiger partial charge on any atom is -0.497 e. The quantitative estimate of drug-likeness (QED) is 0.286. The second-order valence-electron chi connectivity index (χ2n) is 11.1. The molecule has 1 atom stereocenters. The van der Waals surface area contributed by atoms with Crippen molar-refractivity contribution < 1.29 is 18.7 Å². The number of hydrogen-bond donors (Lipinski definition) is 0. The maximum absolute atomic E-state index is 13.8. The molecule has 0 radical (unpaired) electrons. The first kappa shape index (κ1) is 27.8. The number of furan rings is 1.